The molecule has 0 spiro atoms. The van der Waals surface area contributed by atoms with Crippen molar-refractivity contribution in [3.05, 3.63) is 21.0 Å². The summed E-state index contributed by atoms with van der Waals surface area (Å²) in [5.41, 5.74) is -0.476. The lowest BCUT2D eigenvalue weighted by atomic mass is 10.1. The molecule has 0 aliphatic heterocycles. The van der Waals surface area contributed by atoms with Gasteiger partial charge in [0.25, 0.3) is 5.56 Å². The lowest BCUT2D eigenvalue weighted by Crippen LogP contribution is -2.31. The van der Waals surface area contributed by atoms with E-state index < -0.39 is 18.3 Å². The Bertz CT molecular complexity index is 519. The normalized spacial score (nSPS) is 13.2. The van der Waals surface area contributed by atoms with E-state index in [-0.39, 0.29) is 17.0 Å². The van der Waals surface area contributed by atoms with Gasteiger partial charge in [0.15, 0.2) is 0 Å². The van der Waals surface area contributed by atoms with Crippen LogP contribution in [-0.2, 0) is 6.54 Å². The lowest BCUT2D eigenvalue weighted by Gasteiger charge is -2.12. The number of aromatic nitrogens is 2. The van der Waals surface area contributed by atoms with E-state index in [2.05, 4.69) is 26.3 Å². The van der Waals surface area contributed by atoms with Crippen molar-refractivity contribution in [2.75, 3.05) is 18.5 Å². The second-order valence-electron chi connectivity index (χ2n) is 4.81. The summed E-state index contributed by atoms with van der Waals surface area (Å²) >= 11 is 2.99. The summed E-state index contributed by atoms with van der Waals surface area (Å²) in [6.07, 6.45) is -1.74. The van der Waals surface area contributed by atoms with E-state index in [0.29, 0.717) is 16.9 Å². The minimum atomic E-state index is -4.49. The number of rotatable bonds is 7. The molecule has 0 amide bonds. The summed E-state index contributed by atoms with van der Waals surface area (Å²) < 4.78 is 37.2. The van der Waals surface area contributed by atoms with Crippen molar-refractivity contribution in [2.45, 2.75) is 32.5 Å². The predicted octanol–water partition coefficient (Wildman–Crippen LogP) is 2.39. The molecule has 1 aromatic rings. The van der Waals surface area contributed by atoms with Gasteiger partial charge in [-0.2, -0.15) is 18.3 Å². The van der Waals surface area contributed by atoms with Crippen molar-refractivity contribution >= 4 is 21.6 Å². The summed E-state index contributed by atoms with van der Waals surface area (Å²) in [6.45, 7) is 1.14. The zero-order valence-electron chi connectivity index (χ0n) is 11.5. The minimum Gasteiger partial charge on any atom is -0.396 e. The van der Waals surface area contributed by atoms with Gasteiger partial charge in [-0.15, -0.1) is 0 Å². The number of aliphatic hydroxyl groups excluding tert-OH is 1. The van der Waals surface area contributed by atoms with Crippen LogP contribution in [0, 0.1) is 5.92 Å². The quantitative estimate of drug-likeness (QED) is 0.722. The van der Waals surface area contributed by atoms with Gasteiger partial charge >= 0.3 is 6.18 Å². The van der Waals surface area contributed by atoms with Crippen LogP contribution in [0.1, 0.15) is 19.8 Å². The summed E-state index contributed by atoms with van der Waals surface area (Å²) in [4.78, 5) is 11.7. The Morgan fingerprint density at radius 3 is 2.76 bits per heavy atom. The predicted molar refractivity (Wildman–Crippen MR) is 76.2 cm³/mol. The fourth-order valence-electron chi connectivity index (χ4n) is 1.64. The molecule has 1 atom stereocenters. The molecule has 0 aromatic carbocycles. The van der Waals surface area contributed by atoms with Crippen LogP contribution in [0.5, 0.6) is 0 Å². The van der Waals surface area contributed by atoms with Gasteiger partial charge in [0.2, 0.25) is 0 Å². The molecule has 0 radical (unpaired) electrons. The first-order valence-corrected chi connectivity index (χ1v) is 7.21. The average molecular weight is 372 g/mol. The lowest BCUT2D eigenvalue weighted by molar-refractivity contribution is -0.143. The largest absolute Gasteiger partial charge is 0.408 e. The third-order valence-electron chi connectivity index (χ3n) is 2.81. The number of nitrogens with one attached hydrogen (secondary N) is 1. The molecule has 1 rings (SSSR count). The van der Waals surface area contributed by atoms with E-state index in [1.807, 2.05) is 6.92 Å². The van der Waals surface area contributed by atoms with Gasteiger partial charge in [-0.3, -0.25) is 4.79 Å². The molecule has 120 valence electrons. The van der Waals surface area contributed by atoms with Gasteiger partial charge < -0.3 is 10.4 Å². The topological polar surface area (TPSA) is 67.2 Å². The molecule has 1 heterocycles. The molecule has 0 bridgehead atoms. The van der Waals surface area contributed by atoms with Crippen LogP contribution in [-0.4, -0.2) is 34.2 Å². The van der Waals surface area contributed by atoms with Gasteiger partial charge in [-0.05, 0) is 34.7 Å². The summed E-state index contributed by atoms with van der Waals surface area (Å²) in [5, 5.41) is 15.3. The standard InChI is InChI=1S/C12H17BrF3N3O2/c1-8(6-20)3-2-4-17-9-5-18-19(7-12(14,15)16)11(21)10(9)13/h5,8,17,20H,2-4,6-7H2,1H3. The average Bonchev–Trinajstić information content (AvgIpc) is 2.40. The molecule has 1 unspecified atom stereocenters. The maximum atomic E-state index is 12.3. The highest BCUT2D eigenvalue weighted by atomic mass is 79.9. The Labute approximate surface area is 128 Å². The van der Waals surface area contributed by atoms with Crippen LogP contribution in [0.2, 0.25) is 0 Å². The molecule has 0 saturated carbocycles. The summed E-state index contributed by atoms with van der Waals surface area (Å²) in [7, 11) is 0. The fraction of sp³-hybridized carbons (Fsp3) is 0.667. The van der Waals surface area contributed by atoms with E-state index >= 15 is 0 Å². The molecule has 0 saturated heterocycles. The van der Waals surface area contributed by atoms with Gasteiger partial charge in [-0.1, -0.05) is 6.92 Å². The summed E-state index contributed by atoms with van der Waals surface area (Å²) in [6, 6.07) is 0. The van der Waals surface area contributed by atoms with Crippen LogP contribution in [0.25, 0.3) is 0 Å². The van der Waals surface area contributed by atoms with Crippen LogP contribution >= 0.6 is 15.9 Å². The first kappa shape index (κ1) is 18.0. The number of hydrogen-bond acceptors (Lipinski definition) is 4. The zero-order chi connectivity index (χ0) is 16.0. The zero-order valence-corrected chi connectivity index (χ0v) is 13.0. The molecule has 2 N–H and O–H groups in total. The molecule has 0 aliphatic carbocycles. The van der Waals surface area contributed by atoms with E-state index in [1.165, 1.54) is 6.20 Å². The molecule has 21 heavy (non-hydrogen) atoms. The Morgan fingerprint density at radius 1 is 1.52 bits per heavy atom. The van der Waals surface area contributed by atoms with Gasteiger partial charge in [-0.25, -0.2) is 4.68 Å². The highest BCUT2D eigenvalue weighted by Crippen LogP contribution is 2.19. The van der Waals surface area contributed by atoms with E-state index in [9.17, 15) is 18.0 Å². The maximum absolute atomic E-state index is 12.3. The van der Waals surface area contributed by atoms with Crippen molar-refractivity contribution in [1.82, 2.24) is 9.78 Å². The van der Waals surface area contributed by atoms with Gasteiger partial charge in [0, 0.05) is 13.2 Å². The first-order chi connectivity index (χ1) is 9.74. The fourth-order valence-corrected chi connectivity index (χ4v) is 2.08. The van der Waals surface area contributed by atoms with Gasteiger partial charge in [0.05, 0.1) is 11.9 Å². The molecule has 5 nitrogen and oxygen atoms in total. The molecular formula is C12H17BrF3N3O2. The van der Waals surface area contributed by atoms with Crippen molar-refractivity contribution in [3.8, 4) is 0 Å². The van der Waals surface area contributed by atoms with Crippen molar-refractivity contribution < 1.29 is 18.3 Å². The van der Waals surface area contributed by atoms with Gasteiger partial charge in [0.1, 0.15) is 11.0 Å². The monoisotopic (exact) mass is 371 g/mol. The van der Waals surface area contributed by atoms with E-state index in [1.54, 1.807) is 0 Å². The Balaban J connectivity index is 2.65. The number of nitrogens with zero attached hydrogens (tertiary/aromatic N) is 2. The van der Waals surface area contributed by atoms with Crippen LogP contribution in [0.15, 0.2) is 15.5 Å². The molecule has 0 fully saturated rings. The Kier molecular flexibility index (Phi) is 6.66. The second-order valence-corrected chi connectivity index (χ2v) is 5.60. The molecule has 0 aliphatic rings. The molecule has 9 heteroatoms. The highest BCUT2D eigenvalue weighted by molar-refractivity contribution is 9.10. The van der Waals surface area contributed by atoms with Crippen LogP contribution in [0.3, 0.4) is 0 Å². The van der Waals surface area contributed by atoms with Crippen LogP contribution in [0.4, 0.5) is 18.9 Å². The third kappa shape index (κ3) is 6.04. The van der Waals surface area contributed by atoms with Crippen molar-refractivity contribution in [2.24, 2.45) is 5.92 Å². The SMILES string of the molecule is CC(CO)CCCNc1cnn(CC(F)(F)F)c(=O)c1Br. The minimum absolute atomic E-state index is 0.0250. The van der Waals surface area contributed by atoms with E-state index in [4.69, 9.17) is 5.11 Å². The molecule has 1 aromatic heterocycles. The number of halogens is 4. The van der Waals surface area contributed by atoms with Crippen molar-refractivity contribution in [3.63, 3.8) is 0 Å². The smallest absolute Gasteiger partial charge is 0.396 e. The number of anilines is 1. The maximum Gasteiger partial charge on any atom is 0.408 e. The van der Waals surface area contributed by atoms with E-state index in [0.717, 1.165) is 12.8 Å². The van der Waals surface area contributed by atoms with Crippen molar-refractivity contribution in [1.29, 1.82) is 0 Å². The Morgan fingerprint density at radius 2 is 2.19 bits per heavy atom. The second kappa shape index (κ2) is 7.79. The number of aliphatic hydroxyl groups is 1. The number of alkyl halides is 3. The first-order valence-electron chi connectivity index (χ1n) is 6.41. The highest BCUT2D eigenvalue weighted by Gasteiger charge is 2.29. The summed E-state index contributed by atoms with van der Waals surface area (Å²) in [5.74, 6) is 0.188. The third-order valence-corrected chi connectivity index (χ3v) is 3.58. The number of hydrogen-bond donors (Lipinski definition) is 2. The van der Waals surface area contributed by atoms with Crippen LogP contribution < -0.4 is 10.9 Å². The Hall–Kier alpha value is -1.09. The molecular weight excluding hydrogens is 355 g/mol.